The Balaban J connectivity index is 0.00000162. The van der Waals surface area contributed by atoms with Crippen LogP contribution in [-0.4, -0.2) is 34.9 Å². The van der Waals surface area contributed by atoms with Crippen LogP contribution < -0.4 is 10.6 Å². The van der Waals surface area contributed by atoms with Gasteiger partial charge in [-0.05, 0) is 26.1 Å². The number of carbonyl (C=O) groups is 1. The molecule has 2 aromatic rings. The van der Waals surface area contributed by atoms with Gasteiger partial charge in [0, 0.05) is 31.2 Å². The Hall–Kier alpha value is -1.30. The highest BCUT2D eigenvalue weighted by Crippen LogP contribution is 2.04. The number of rotatable bonds is 4. The Labute approximate surface area is 124 Å². The first-order chi connectivity index (χ1) is 8.20. The molecule has 1 atom stereocenters. The lowest BCUT2D eigenvalue weighted by Crippen LogP contribution is -2.37. The normalized spacial score (nSPS) is 11.3. The third kappa shape index (κ3) is 4.38. The standard InChI is InChI=1S/C12H16N4O.2ClH/c1-9(13-2)7-15-12(17)10-3-4-11-14-5-6-16(11)8-10;;/h3-6,8-9,13H,7H2,1-2H3,(H,15,17);2*1H. The number of carbonyl (C=O) groups excluding carboxylic acids is 1. The molecule has 7 heteroatoms. The van der Waals surface area contributed by atoms with Crippen LogP contribution >= 0.6 is 24.8 Å². The average Bonchev–Trinajstić information content (AvgIpc) is 2.82. The molecule has 19 heavy (non-hydrogen) atoms. The monoisotopic (exact) mass is 304 g/mol. The Morgan fingerprint density at radius 1 is 1.42 bits per heavy atom. The molecule has 0 saturated carbocycles. The Bertz CT molecular complexity index is 529. The first-order valence-corrected chi connectivity index (χ1v) is 5.59. The number of hydrogen-bond acceptors (Lipinski definition) is 3. The molecular formula is C12H18Cl2N4O. The molecule has 0 saturated heterocycles. The number of pyridine rings is 1. The van der Waals surface area contributed by atoms with Crippen molar-refractivity contribution in [2.75, 3.05) is 13.6 Å². The van der Waals surface area contributed by atoms with Gasteiger partial charge in [-0.25, -0.2) is 4.98 Å². The van der Waals surface area contributed by atoms with Crippen LogP contribution in [0, 0.1) is 0 Å². The lowest BCUT2D eigenvalue weighted by Gasteiger charge is -2.11. The SMILES string of the molecule is CNC(C)CNC(=O)c1ccc2nccn2c1.Cl.Cl. The highest BCUT2D eigenvalue weighted by atomic mass is 35.5. The number of hydrogen-bond donors (Lipinski definition) is 2. The first-order valence-electron chi connectivity index (χ1n) is 5.59. The summed E-state index contributed by atoms with van der Waals surface area (Å²) in [7, 11) is 1.87. The molecule has 0 aliphatic heterocycles. The van der Waals surface area contributed by atoms with Crippen LogP contribution in [-0.2, 0) is 0 Å². The van der Waals surface area contributed by atoms with Crippen LogP contribution in [0.15, 0.2) is 30.7 Å². The zero-order chi connectivity index (χ0) is 12.3. The summed E-state index contributed by atoms with van der Waals surface area (Å²) in [6, 6.07) is 3.87. The number of nitrogens with zero attached hydrogens (tertiary/aromatic N) is 2. The van der Waals surface area contributed by atoms with Gasteiger partial charge < -0.3 is 15.0 Å². The van der Waals surface area contributed by atoms with E-state index in [-0.39, 0.29) is 36.8 Å². The summed E-state index contributed by atoms with van der Waals surface area (Å²) in [4.78, 5) is 16.0. The molecule has 0 spiro atoms. The summed E-state index contributed by atoms with van der Waals surface area (Å²) in [5.41, 5.74) is 1.48. The van der Waals surface area contributed by atoms with E-state index in [1.54, 1.807) is 18.5 Å². The number of amides is 1. The van der Waals surface area contributed by atoms with Gasteiger partial charge in [-0.2, -0.15) is 0 Å². The first kappa shape index (κ1) is 17.7. The molecule has 0 aliphatic carbocycles. The fourth-order valence-corrected chi connectivity index (χ4v) is 1.50. The van der Waals surface area contributed by atoms with Crippen molar-refractivity contribution in [2.45, 2.75) is 13.0 Å². The van der Waals surface area contributed by atoms with E-state index in [9.17, 15) is 4.79 Å². The number of halogens is 2. The largest absolute Gasteiger partial charge is 0.350 e. The second-order valence-corrected chi connectivity index (χ2v) is 4.01. The third-order valence-corrected chi connectivity index (χ3v) is 2.71. The van der Waals surface area contributed by atoms with Gasteiger partial charge in [0.2, 0.25) is 0 Å². The van der Waals surface area contributed by atoms with Crippen LogP contribution in [0.4, 0.5) is 0 Å². The van der Waals surface area contributed by atoms with Gasteiger partial charge >= 0.3 is 0 Å². The second kappa shape index (κ2) is 7.99. The maximum atomic E-state index is 11.9. The van der Waals surface area contributed by atoms with Gasteiger partial charge in [-0.3, -0.25) is 4.79 Å². The topological polar surface area (TPSA) is 58.4 Å². The van der Waals surface area contributed by atoms with E-state index >= 15 is 0 Å². The zero-order valence-electron chi connectivity index (χ0n) is 10.8. The summed E-state index contributed by atoms with van der Waals surface area (Å²) < 4.78 is 1.83. The smallest absolute Gasteiger partial charge is 0.252 e. The van der Waals surface area contributed by atoms with Gasteiger partial charge in [0.25, 0.3) is 5.91 Å². The summed E-state index contributed by atoms with van der Waals surface area (Å²) in [6.07, 6.45) is 5.31. The van der Waals surface area contributed by atoms with E-state index < -0.39 is 0 Å². The summed E-state index contributed by atoms with van der Waals surface area (Å²) >= 11 is 0. The number of imidazole rings is 1. The lowest BCUT2D eigenvalue weighted by molar-refractivity contribution is 0.0950. The molecule has 0 radical (unpaired) electrons. The van der Waals surface area contributed by atoms with E-state index in [1.807, 2.05) is 30.6 Å². The molecule has 2 heterocycles. The van der Waals surface area contributed by atoms with Crippen molar-refractivity contribution in [3.8, 4) is 0 Å². The minimum atomic E-state index is -0.0669. The molecule has 5 nitrogen and oxygen atoms in total. The third-order valence-electron chi connectivity index (χ3n) is 2.71. The van der Waals surface area contributed by atoms with Gasteiger partial charge in [-0.1, -0.05) is 0 Å². The quantitative estimate of drug-likeness (QED) is 0.900. The maximum absolute atomic E-state index is 11.9. The number of fused-ring (bicyclic) bond motifs is 1. The zero-order valence-corrected chi connectivity index (χ0v) is 12.4. The van der Waals surface area contributed by atoms with Crippen molar-refractivity contribution >= 4 is 36.4 Å². The van der Waals surface area contributed by atoms with Crippen LogP contribution in [0.25, 0.3) is 5.65 Å². The average molecular weight is 305 g/mol. The molecule has 1 amide bonds. The van der Waals surface area contributed by atoms with E-state index in [4.69, 9.17) is 0 Å². The van der Waals surface area contributed by atoms with Crippen molar-refractivity contribution < 1.29 is 4.79 Å². The van der Waals surface area contributed by atoms with Gasteiger partial charge in [0.15, 0.2) is 0 Å². The van der Waals surface area contributed by atoms with Gasteiger partial charge in [0.1, 0.15) is 5.65 Å². The molecule has 1 unspecified atom stereocenters. The van der Waals surface area contributed by atoms with Crippen LogP contribution in [0.1, 0.15) is 17.3 Å². The molecule has 0 aliphatic rings. The number of nitrogens with one attached hydrogen (secondary N) is 2. The Morgan fingerprint density at radius 2 is 2.16 bits per heavy atom. The van der Waals surface area contributed by atoms with Crippen molar-refractivity contribution in [3.63, 3.8) is 0 Å². The summed E-state index contributed by atoms with van der Waals surface area (Å²) in [6.45, 7) is 2.62. The number of aromatic nitrogens is 2. The fourth-order valence-electron chi connectivity index (χ4n) is 1.50. The maximum Gasteiger partial charge on any atom is 0.252 e. The summed E-state index contributed by atoms with van der Waals surface area (Å²) in [5.74, 6) is -0.0669. The predicted molar refractivity (Wildman–Crippen MR) is 80.5 cm³/mol. The molecule has 106 valence electrons. The van der Waals surface area contributed by atoms with Gasteiger partial charge in [-0.15, -0.1) is 24.8 Å². The van der Waals surface area contributed by atoms with E-state index in [0.717, 1.165) is 5.65 Å². The molecular weight excluding hydrogens is 287 g/mol. The minimum Gasteiger partial charge on any atom is -0.350 e. The molecule has 0 aromatic carbocycles. The van der Waals surface area contributed by atoms with E-state index in [2.05, 4.69) is 15.6 Å². The van der Waals surface area contributed by atoms with Crippen molar-refractivity contribution in [3.05, 3.63) is 36.3 Å². The molecule has 2 N–H and O–H groups in total. The minimum absolute atomic E-state index is 0. The Kier molecular flexibility index (Phi) is 7.44. The predicted octanol–water partition coefficient (Wildman–Crippen LogP) is 1.52. The molecule has 0 fully saturated rings. The fraction of sp³-hybridized carbons (Fsp3) is 0.333. The molecule has 2 rings (SSSR count). The molecule has 2 aromatic heterocycles. The van der Waals surface area contributed by atoms with Crippen molar-refractivity contribution in [2.24, 2.45) is 0 Å². The highest BCUT2D eigenvalue weighted by Gasteiger charge is 2.07. The van der Waals surface area contributed by atoms with Crippen LogP contribution in [0.3, 0.4) is 0 Å². The lowest BCUT2D eigenvalue weighted by atomic mass is 10.2. The van der Waals surface area contributed by atoms with Crippen LogP contribution in [0.2, 0.25) is 0 Å². The number of likely N-dealkylation sites (N-methyl/N-ethyl adjacent to an activating group) is 1. The van der Waals surface area contributed by atoms with E-state index in [0.29, 0.717) is 12.1 Å². The van der Waals surface area contributed by atoms with Crippen molar-refractivity contribution in [1.82, 2.24) is 20.0 Å². The molecule has 0 bridgehead atoms. The highest BCUT2D eigenvalue weighted by molar-refractivity contribution is 5.94. The second-order valence-electron chi connectivity index (χ2n) is 4.01. The van der Waals surface area contributed by atoms with Crippen LogP contribution in [0.5, 0.6) is 0 Å². The summed E-state index contributed by atoms with van der Waals surface area (Å²) in [5, 5.41) is 5.94. The Morgan fingerprint density at radius 3 is 2.84 bits per heavy atom. The van der Waals surface area contributed by atoms with Crippen molar-refractivity contribution in [1.29, 1.82) is 0 Å². The van der Waals surface area contributed by atoms with E-state index in [1.165, 1.54) is 0 Å². The van der Waals surface area contributed by atoms with Gasteiger partial charge in [0.05, 0.1) is 5.56 Å².